The number of fused-ring (bicyclic) bond motifs is 1. The van der Waals surface area contributed by atoms with Crippen molar-refractivity contribution in [3.8, 4) is 0 Å². The summed E-state index contributed by atoms with van der Waals surface area (Å²) in [4.78, 5) is 18.3. The van der Waals surface area contributed by atoms with Gasteiger partial charge < -0.3 is 15.0 Å². The van der Waals surface area contributed by atoms with Crippen LogP contribution in [0.3, 0.4) is 0 Å². The predicted molar refractivity (Wildman–Crippen MR) is 80.6 cm³/mol. The minimum Gasteiger partial charge on any atom is -0.365 e. The molecule has 2 heterocycles. The number of hydrogen-bond acceptors (Lipinski definition) is 5. The van der Waals surface area contributed by atoms with Crippen LogP contribution < -0.4 is 10.2 Å². The van der Waals surface area contributed by atoms with Gasteiger partial charge in [-0.15, -0.1) is 0 Å². The highest BCUT2D eigenvalue weighted by Gasteiger charge is 2.27. The fraction of sp³-hybridized carbons (Fsp3) is 0.385. The van der Waals surface area contributed by atoms with E-state index in [2.05, 4.69) is 15.2 Å². The Morgan fingerprint density at radius 1 is 1.60 bits per heavy atom. The van der Waals surface area contributed by atoms with Gasteiger partial charge in [0.1, 0.15) is 0 Å². The number of thiazole rings is 1. The first-order chi connectivity index (χ1) is 9.67. The molecule has 1 aromatic heterocycles. The summed E-state index contributed by atoms with van der Waals surface area (Å²) in [6.45, 7) is 1.78. The van der Waals surface area contributed by atoms with E-state index >= 15 is 0 Å². The van der Waals surface area contributed by atoms with Crippen LogP contribution in [0.2, 0.25) is 5.02 Å². The topological polar surface area (TPSA) is 54.5 Å². The Bertz CT molecular complexity index is 646. The number of nitrogens with one attached hydrogen (secondary N) is 1. The minimum atomic E-state index is -0.440. The lowest BCUT2D eigenvalue weighted by Crippen LogP contribution is -2.49. The number of likely N-dealkylation sites (N-methyl/N-ethyl adjacent to an activating group) is 1. The van der Waals surface area contributed by atoms with Crippen molar-refractivity contribution < 1.29 is 9.53 Å². The molecule has 2 aromatic rings. The van der Waals surface area contributed by atoms with Crippen LogP contribution in [0.25, 0.3) is 10.2 Å². The number of aromatic nitrogens is 1. The van der Waals surface area contributed by atoms with Gasteiger partial charge in [-0.2, -0.15) is 0 Å². The standard InChI is InChI=1S/C13H14ClN3O2S/c1-15-12(18)10-7-17(4-5-19-10)13-16-9-3-2-8(14)6-11(9)20-13/h2-3,6,10H,4-5,7H2,1H3,(H,15,18). The van der Waals surface area contributed by atoms with E-state index in [0.29, 0.717) is 18.2 Å². The van der Waals surface area contributed by atoms with Crippen molar-refractivity contribution in [2.45, 2.75) is 6.10 Å². The summed E-state index contributed by atoms with van der Waals surface area (Å²) in [5, 5.41) is 4.22. The summed E-state index contributed by atoms with van der Waals surface area (Å²) < 4.78 is 6.53. The SMILES string of the molecule is CNC(=O)C1CN(c2nc3ccc(Cl)cc3s2)CCO1. The number of carbonyl (C=O) groups excluding carboxylic acids is 1. The quantitative estimate of drug-likeness (QED) is 0.920. The van der Waals surface area contributed by atoms with Gasteiger partial charge in [0.25, 0.3) is 5.91 Å². The molecule has 1 aliphatic rings. The van der Waals surface area contributed by atoms with Gasteiger partial charge in [-0.1, -0.05) is 22.9 Å². The van der Waals surface area contributed by atoms with Crippen LogP contribution in [-0.2, 0) is 9.53 Å². The molecule has 1 atom stereocenters. The molecule has 1 amide bonds. The largest absolute Gasteiger partial charge is 0.365 e. The fourth-order valence-corrected chi connectivity index (χ4v) is 3.44. The number of nitrogens with zero attached hydrogens (tertiary/aromatic N) is 2. The van der Waals surface area contributed by atoms with E-state index in [1.54, 1.807) is 18.4 Å². The number of hydrogen-bond donors (Lipinski definition) is 1. The van der Waals surface area contributed by atoms with Gasteiger partial charge in [0.05, 0.1) is 23.4 Å². The van der Waals surface area contributed by atoms with E-state index in [0.717, 1.165) is 21.9 Å². The Hall–Kier alpha value is -1.37. The summed E-state index contributed by atoms with van der Waals surface area (Å²) in [5.74, 6) is -0.0983. The van der Waals surface area contributed by atoms with E-state index in [4.69, 9.17) is 16.3 Å². The third kappa shape index (κ3) is 2.59. The number of morpholine rings is 1. The molecule has 1 aliphatic heterocycles. The maximum Gasteiger partial charge on any atom is 0.250 e. The normalized spacial score (nSPS) is 19.3. The molecule has 1 fully saturated rings. The monoisotopic (exact) mass is 311 g/mol. The molecule has 1 saturated heterocycles. The Morgan fingerprint density at radius 2 is 2.45 bits per heavy atom. The average molecular weight is 312 g/mol. The second kappa shape index (κ2) is 5.55. The molecule has 0 saturated carbocycles. The first-order valence-corrected chi connectivity index (χ1v) is 7.51. The van der Waals surface area contributed by atoms with Gasteiger partial charge in [-0.3, -0.25) is 4.79 Å². The number of ether oxygens (including phenoxy) is 1. The Kier molecular flexibility index (Phi) is 3.78. The summed E-state index contributed by atoms with van der Waals surface area (Å²) in [6.07, 6.45) is -0.440. The fourth-order valence-electron chi connectivity index (χ4n) is 2.16. The molecule has 1 unspecified atom stereocenters. The van der Waals surface area contributed by atoms with Crippen molar-refractivity contribution in [2.75, 3.05) is 31.6 Å². The third-order valence-corrected chi connectivity index (χ3v) is 4.53. The van der Waals surface area contributed by atoms with Crippen LogP contribution in [0.5, 0.6) is 0 Å². The molecule has 20 heavy (non-hydrogen) atoms. The number of anilines is 1. The lowest BCUT2D eigenvalue weighted by atomic mass is 10.2. The van der Waals surface area contributed by atoms with Crippen LogP contribution in [0.4, 0.5) is 5.13 Å². The van der Waals surface area contributed by atoms with Gasteiger partial charge >= 0.3 is 0 Å². The zero-order valence-electron chi connectivity index (χ0n) is 10.9. The molecule has 0 aliphatic carbocycles. The van der Waals surface area contributed by atoms with Crippen molar-refractivity contribution >= 4 is 44.2 Å². The minimum absolute atomic E-state index is 0.0983. The van der Waals surface area contributed by atoms with Crippen molar-refractivity contribution in [2.24, 2.45) is 0 Å². The van der Waals surface area contributed by atoms with Crippen molar-refractivity contribution in [1.82, 2.24) is 10.3 Å². The van der Waals surface area contributed by atoms with Gasteiger partial charge in [-0.05, 0) is 18.2 Å². The zero-order valence-corrected chi connectivity index (χ0v) is 12.5. The summed E-state index contributed by atoms with van der Waals surface area (Å²) >= 11 is 7.57. The van der Waals surface area contributed by atoms with Gasteiger partial charge in [0, 0.05) is 18.6 Å². The lowest BCUT2D eigenvalue weighted by Gasteiger charge is -2.31. The van der Waals surface area contributed by atoms with E-state index in [1.165, 1.54) is 0 Å². The number of halogens is 1. The summed E-state index contributed by atoms with van der Waals surface area (Å²) in [7, 11) is 1.62. The molecule has 3 rings (SSSR count). The number of amides is 1. The molecule has 0 spiro atoms. The molecular weight excluding hydrogens is 298 g/mol. The number of carbonyl (C=O) groups is 1. The molecule has 1 N–H and O–H groups in total. The Labute approximate surface area is 125 Å². The van der Waals surface area contributed by atoms with Crippen LogP contribution in [0, 0.1) is 0 Å². The summed E-state index contributed by atoms with van der Waals surface area (Å²) in [6, 6.07) is 5.66. The van der Waals surface area contributed by atoms with Crippen molar-refractivity contribution in [3.63, 3.8) is 0 Å². The van der Waals surface area contributed by atoms with E-state index in [-0.39, 0.29) is 5.91 Å². The van der Waals surface area contributed by atoms with Crippen molar-refractivity contribution in [1.29, 1.82) is 0 Å². The smallest absolute Gasteiger partial charge is 0.250 e. The molecule has 7 heteroatoms. The van der Waals surface area contributed by atoms with Gasteiger partial charge in [-0.25, -0.2) is 4.98 Å². The maximum absolute atomic E-state index is 11.7. The average Bonchev–Trinajstić information content (AvgIpc) is 2.89. The molecule has 106 valence electrons. The maximum atomic E-state index is 11.7. The van der Waals surface area contributed by atoms with Gasteiger partial charge in [0.15, 0.2) is 11.2 Å². The number of benzene rings is 1. The molecule has 0 bridgehead atoms. The molecule has 5 nitrogen and oxygen atoms in total. The zero-order chi connectivity index (χ0) is 14.1. The highest BCUT2D eigenvalue weighted by atomic mass is 35.5. The Morgan fingerprint density at radius 3 is 3.25 bits per heavy atom. The van der Waals surface area contributed by atoms with Crippen LogP contribution in [0.1, 0.15) is 0 Å². The summed E-state index contributed by atoms with van der Waals surface area (Å²) in [5.41, 5.74) is 0.928. The first-order valence-electron chi connectivity index (χ1n) is 6.31. The van der Waals surface area contributed by atoms with E-state index < -0.39 is 6.10 Å². The number of rotatable bonds is 2. The third-order valence-electron chi connectivity index (χ3n) is 3.21. The highest BCUT2D eigenvalue weighted by molar-refractivity contribution is 7.22. The van der Waals surface area contributed by atoms with E-state index in [9.17, 15) is 4.79 Å². The van der Waals surface area contributed by atoms with Crippen LogP contribution in [-0.4, -0.2) is 43.7 Å². The second-order valence-corrected chi connectivity index (χ2v) is 5.97. The lowest BCUT2D eigenvalue weighted by molar-refractivity contribution is -0.132. The van der Waals surface area contributed by atoms with Crippen molar-refractivity contribution in [3.05, 3.63) is 23.2 Å². The first kappa shape index (κ1) is 13.6. The van der Waals surface area contributed by atoms with Crippen LogP contribution in [0.15, 0.2) is 18.2 Å². The molecule has 0 radical (unpaired) electrons. The highest BCUT2D eigenvalue weighted by Crippen LogP contribution is 2.31. The van der Waals surface area contributed by atoms with E-state index in [1.807, 2.05) is 18.2 Å². The van der Waals surface area contributed by atoms with Crippen LogP contribution >= 0.6 is 22.9 Å². The molecular formula is C13H14ClN3O2S. The Balaban J connectivity index is 1.84. The molecule has 1 aromatic carbocycles. The van der Waals surface area contributed by atoms with Gasteiger partial charge in [0.2, 0.25) is 0 Å². The predicted octanol–water partition coefficient (Wildman–Crippen LogP) is 1.90. The second-order valence-electron chi connectivity index (χ2n) is 4.53.